The van der Waals surface area contributed by atoms with E-state index in [0.717, 1.165) is 64.4 Å². The summed E-state index contributed by atoms with van der Waals surface area (Å²) in [4.78, 5) is 55.5. The Balaban J connectivity index is 1.62. The first-order valence-corrected chi connectivity index (χ1v) is 15.7. The maximum Gasteiger partial charge on any atom is 0.338 e. The number of esters is 2. The van der Waals surface area contributed by atoms with Crippen LogP contribution in [0.4, 0.5) is 0 Å². The second kappa shape index (κ2) is 11.9. The van der Waals surface area contributed by atoms with Gasteiger partial charge in [0.25, 0.3) is 11.8 Å². The quantitative estimate of drug-likeness (QED) is 0.0505. The third-order valence-corrected chi connectivity index (χ3v) is 8.68. The van der Waals surface area contributed by atoms with E-state index < -0.39 is 11.9 Å². The Bertz CT molecular complexity index is 1830. The predicted octanol–water partition coefficient (Wildman–Crippen LogP) is 8.29. The second-order valence-electron chi connectivity index (χ2n) is 12.1. The molecule has 0 N–H and O–H groups in total. The van der Waals surface area contributed by atoms with Crippen LogP contribution in [0, 0.1) is 5.92 Å². The minimum absolute atomic E-state index is 0.280. The minimum atomic E-state index is -0.488. The van der Waals surface area contributed by atoms with Gasteiger partial charge in [-0.1, -0.05) is 64.8 Å². The van der Waals surface area contributed by atoms with Crippen LogP contribution in [0.3, 0.4) is 0 Å². The van der Waals surface area contributed by atoms with Gasteiger partial charge in [-0.25, -0.2) is 9.59 Å². The summed E-state index contributed by atoms with van der Waals surface area (Å²) in [7, 11) is 0. The number of carbonyl (C=O) groups is 4. The normalized spacial score (nSPS) is 13.2. The summed E-state index contributed by atoms with van der Waals surface area (Å²) in [6.45, 7) is 9.15. The Labute approximate surface area is 256 Å². The molecule has 226 valence electrons. The molecule has 2 amide bonds. The molecule has 1 aliphatic rings. The van der Waals surface area contributed by atoms with Crippen LogP contribution < -0.4 is 0 Å². The van der Waals surface area contributed by atoms with Crippen molar-refractivity contribution >= 4 is 66.8 Å². The van der Waals surface area contributed by atoms with Crippen molar-refractivity contribution in [2.24, 2.45) is 5.92 Å². The lowest BCUT2D eigenvalue weighted by atomic mass is 9.83. The van der Waals surface area contributed by atoms with Crippen molar-refractivity contribution < 1.29 is 28.7 Å². The second-order valence-corrected chi connectivity index (χ2v) is 12.1. The standard InChI is InChI=1S/C37H37NO6/c1-5-7-19-43-36(41)28-15-11-24-22-9-13-26-32-27(35(40)38(34(26)39)18-17-21(3)4)14-10-23(30(22)32)25-12-16-29(33(28)31(24)25)37(42)44-20-8-6-2/h9-16,21H,5-8,17-20H2,1-4H3. The minimum Gasteiger partial charge on any atom is -0.462 e. The summed E-state index contributed by atoms with van der Waals surface area (Å²) in [5, 5.41) is 6.06. The van der Waals surface area contributed by atoms with Crippen molar-refractivity contribution in [3.05, 3.63) is 70.8 Å². The largest absolute Gasteiger partial charge is 0.462 e. The molecule has 5 aromatic carbocycles. The average Bonchev–Trinajstić information content (AvgIpc) is 3.02. The SMILES string of the molecule is CCCCOC(=O)c1ccc2c3ccc4c5c(ccc(c6ccc(C(=O)OCCCC)c1c26)c53)C(=O)N(CCC(C)C)C4=O. The van der Waals surface area contributed by atoms with Crippen LogP contribution in [0.5, 0.6) is 0 Å². The van der Waals surface area contributed by atoms with Crippen LogP contribution in [0.1, 0.15) is 101 Å². The van der Waals surface area contributed by atoms with E-state index in [4.69, 9.17) is 9.47 Å². The molecule has 0 bridgehead atoms. The molecular formula is C37H37NO6. The lowest BCUT2D eigenvalue weighted by Gasteiger charge is -2.29. The van der Waals surface area contributed by atoms with Crippen LogP contribution >= 0.6 is 0 Å². The van der Waals surface area contributed by atoms with Gasteiger partial charge in [-0.3, -0.25) is 14.5 Å². The summed E-state index contributed by atoms with van der Waals surface area (Å²) in [6.07, 6.45) is 3.99. The van der Waals surface area contributed by atoms with E-state index in [2.05, 4.69) is 13.8 Å². The maximum absolute atomic E-state index is 13.6. The molecule has 0 saturated heterocycles. The number of nitrogens with zero attached hydrogens (tertiary/aromatic N) is 1. The first-order valence-electron chi connectivity index (χ1n) is 15.7. The van der Waals surface area contributed by atoms with Gasteiger partial charge in [0.2, 0.25) is 0 Å². The number of ether oxygens (including phenoxy) is 2. The first kappa shape index (κ1) is 29.5. The molecule has 0 radical (unpaired) electrons. The van der Waals surface area contributed by atoms with Gasteiger partial charge in [0.05, 0.1) is 24.3 Å². The van der Waals surface area contributed by atoms with Crippen LogP contribution in [0.15, 0.2) is 48.5 Å². The van der Waals surface area contributed by atoms with Crippen LogP contribution in [-0.4, -0.2) is 48.4 Å². The smallest absolute Gasteiger partial charge is 0.338 e. The summed E-state index contributed by atoms with van der Waals surface area (Å²) in [5.41, 5.74) is 1.64. The number of rotatable bonds is 11. The van der Waals surface area contributed by atoms with E-state index in [1.165, 1.54) is 4.90 Å². The van der Waals surface area contributed by atoms with Crippen molar-refractivity contribution in [1.29, 1.82) is 0 Å². The first-order chi connectivity index (χ1) is 21.3. The van der Waals surface area contributed by atoms with E-state index in [0.29, 0.717) is 58.7 Å². The van der Waals surface area contributed by atoms with Crippen LogP contribution in [0.2, 0.25) is 0 Å². The number of carbonyl (C=O) groups excluding carboxylic acids is 4. The van der Waals surface area contributed by atoms with E-state index in [-0.39, 0.29) is 11.8 Å². The molecule has 0 saturated carbocycles. The number of benzene rings is 5. The number of amides is 2. The molecule has 0 unspecified atom stereocenters. The summed E-state index contributed by atoms with van der Waals surface area (Å²) in [5.74, 6) is -1.18. The predicted molar refractivity (Wildman–Crippen MR) is 173 cm³/mol. The average molecular weight is 592 g/mol. The Hall–Kier alpha value is -4.52. The van der Waals surface area contributed by atoms with E-state index in [1.54, 1.807) is 24.3 Å². The summed E-state index contributed by atoms with van der Waals surface area (Å²) < 4.78 is 11.2. The topological polar surface area (TPSA) is 90.0 Å². The van der Waals surface area contributed by atoms with Gasteiger partial charge in [0.1, 0.15) is 0 Å². The number of fused-ring (bicyclic) bond motifs is 2. The fourth-order valence-corrected chi connectivity index (χ4v) is 6.33. The molecule has 1 aliphatic heterocycles. The molecular weight excluding hydrogens is 554 g/mol. The van der Waals surface area contributed by atoms with Gasteiger partial charge >= 0.3 is 11.9 Å². The zero-order valence-electron chi connectivity index (χ0n) is 25.7. The highest BCUT2D eigenvalue weighted by Crippen LogP contribution is 2.45. The van der Waals surface area contributed by atoms with Crippen molar-refractivity contribution in [3.8, 4) is 0 Å². The molecule has 7 nitrogen and oxygen atoms in total. The molecule has 0 atom stereocenters. The van der Waals surface area contributed by atoms with Crippen molar-refractivity contribution in [2.75, 3.05) is 19.8 Å². The Morgan fingerprint density at radius 2 is 1.07 bits per heavy atom. The monoisotopic (exact) mass is 591 g/mol. The van der Waals surface area contributed by atoms with Gasteiger partial charge in [-0.2, -0.15) is 0 Å². The van der Waals surface area contributed by atoms with Gasteiger partial charge in [-0.15, -0.1) is 0 Å². The lowest BCUT2D eigenvalue weighted by Crippen LogP contribution is -2.41. The number of hydrogen-bond donors (Lipinski definition) is 0. The lowest BCUT2D eigenvalue weighted by molar-refractivity contribution is 0.0500. The number of unbranched alkanes of at least 4 members (excludes halogenated alkanes) is 2. The zero-order valence-corrected chi connectivity index (χ0v) is 25.7. The zero-order chi connectivity index (χ0) is 31.1. The Kier molecular flexibility index (Phi) is 7.97. The third kappa shape index (κ3) is 4.75. The van der Waals surface area contributed by atoms with Gasteiger partial charge in [0.15, 0.2) is 0 Å². The Morgan fingerprint density at radius 1 is 0.636 bits per heavy atom. The summed E-state index contributed by atoms with van der Waals surface area (Å²) >= 11 is 0. The van der Waals surface area contributed by atoms with Crippen molar-refractivity contribution in [2.45, 2.75) is 59.8 Å². The highest BCUT2D eigenvalue weighted by molar-refractivity contribution is 6.39. The fourth-order valence-electron chi connectivity index (χ4n) is 6.33. The fraction of sp³-hybridized carbons (Fsp3) is 0.351. The van der Waals surface area contributed by atoms with Gasteiger partial charge in [0, 0.05) is 28.4 Å². The molecule has 6 rings (SSSR count). The van der Waals surface area contributed by atoms with E-state index >= 15 is 0 Å². The van der Waals surface area contributed by atoms with Crippen LogP contribution in [0.25, 0.3) is 43.1 Å². The third-order valence-electron chi connectivity index (χ3n) is 8.68. The van der Waals surface area contributed by atoms with E-state index in [9.17, 15) is 19.2 Å². The molecule has 7 heteroatoms. The van der Waals surface area contributed by atoms with Gasteiger partial charge in [-0.05, 0) is 81.8 Å². The number of hydrogen-bond acceptors (Lipinski definition) is 6. The molecule has 5 aromatic rings. The van der Waals surface area contributed by atoms with Crippen molar-refractivity contribution in [3.63, 3.8) is 0 Å². The highest BCUT2D eigenvalue weighted by atomic mass is 16.5. The maximum atomic E-state index is 13.6. The Morgan fingerprint density at radius 3 is 1.50 bits per heavy atom. The number of imide groups is 1. The molecule has 44 heavy (non-hydrogen) atoms. The van der Waals surface area contributed by atoms with Crippen molar-refractivity contribution in [1.82, 2.24) is 4.90 Å². The summed E-state index contributed by atoms with van der Waals surface area (Å²) in [6, 6.07) is 14.6. The molecule has 0 fully saturated rings. The van der Waals surface area contributed by atoms with E-state index in [1.807, 2.05) is 38.1 Å². The van der Waals surface area contributed by atoms with Gasteiger partial charge < -0.3 is 9.47 Å². The highest BCUT2D eigenvalue weighted by Gasteiger charge is 2.34. The molecule has 0 aliphatic carbocycles. The molecule has 1 heterocycles. The molecule has 0 aromatic heterocycles. The van der Waals surface area contributed by atoms with Crippen LogP contribution in [-0.2, 0) is 9.47 Å². The molecule has 0 spiro atoms.